The first-order chi connectivity index (χ1) is 12.3. The molecule has 0 aliphatic heterocycles. The number of aromatic nitrogens is 5. The summed E-state index contributed by atoms with van der Waals surface area (Å²) in [5.41, 5.74) is 2.80. The predicted octanol–water partition coefficient (Wildman–Crippen LogP) is 3.01. The summed E-state index contributed by atoms with van der Waals surface area (Å²) in [5.74, 6) is 2.24. The average Bonchev–Trinajstić information content (AvgIpc) is 3.33. The van der Waals surface area contributed by atoms with Gasteiger partial charge in [-0.3, -0.25) is 0 Å². The number of ether oxygens (including phenoxy) is 1. The Bertz CT molecular complexity index is 976. The second-order valence-corrected chi connectivity index (χ2v) is 5.62. The number of anilines is 1. The molecule has 0 spiro atoms. The fourth-order valence-electron chi connectivity index (χ4n) is 2.70. The number of hydrogen-bond acceptors (Lipinski definition) is 5. The number of nitrogens with one attached hydrogen (secondary N) is 3. The molecule has 4 rings (SSSR count). The minimum Gasteiger partial charge on any atom is -0.497 e. The van der Waals surface area contributed by atoms with Crippen LogP contribution in [0, 0.1) is 0 Å². The zero-order valence-electron chi connectivity index (χ0n) is 13.8. The second kappa shape index (κ2) is 6.64. The van der Waals surface area contributed by atoms with Crippen LogP contribution in [-0.2, 0) is 6.42 Å². The van der Waals surface area contributed by atoms with E-state index in [-0.39, 0.29) is 0 Å². The maximum atomic E-state index is 5.30. The van der Waals surface area contributed by atoms with Crippen LogP contribution in [0.4, 0.5) is 5.82 Å². The maximum absolute atomic E-state index is 5.30. The van der Waals surface area contributed by atoms with Crippen molar-refractivity contribution in [2.75, 3.05) is 19.0 Å². The first-order valence-electron chi connectivity index (χ1n) is 8.04. The van der Waals surface area contributed by atoms with E-state index in [1.54, 1.807) is 13.4 Å². The maximum Gasteiger partial charge on any atom is 0.164 e. The lowest BCUT2D eigenvalue weighted by atomic mass is 10.2. The molecule has 1 aromatic carbocycles. The fourth-order valence-corrected chi connectivity index (χ4v) is 2.70. The zero-order valence-corrected chi connectivity index (χ0v) is 13.8. The normalized spacial score (nSPS) is 10.9. The van der Waals surface area contributed by atoms with Gasteiger partial charge in [0.15, 0.2) is 5.82 Å². The Morgan fingerprint density at radius 2 is 2.12 bits per heavy atom. The average molecular weight is 334 g/mol. The monoisotopic (exact) mass is 334 g/mol. The van der Waals surface area contributed by atoms with E-state index >= 15 is 0 Å². The van der Waals surface area contributed by atoms with Gasteiger partial charge in [0.25, 0.3) is 0 Å². The molecule has 126 valence electrons. The molecule has 0 saturated carbocycles. The molecule has 3 N–H and O–H groups in total. The minimum atomic E-state index is 0.651. The molecule has 3 aromatic heterocycles. The number of imidazole rings is 1. The molecule has 0 aliphatic rings. The van der Waals surface area contributed by atoms with Gasteiger partial charge in [0.05, 0.1) is 18.8 Å². The molecule has 3 heterocycles. The summed E-state index contributed by atoms with van der Waals surface area (Å²) >= 11 is 0. The van der Waals surface area contributed by atoms with Gasteiger partial charge in [-0.2, -0.15) is 0 Å². The molecule has 0 atom stereocenters. The molecule has 4 aromatic rings. The summed E-state index contributed by atoms with van der Waals surface area (Å²) in [4.78, 5) is 19.6. The lowest BCUT2D eigenvalue weighted by Crippen LogP contribution is -2.08. The van der Waals surface area contributed by atoms with E-state index in [4.69, 9.17) is 9.72 Å². The van der Waals surface area contributed by atoms with Crippen LogP contribution in [0.3, 0.4) is 0 Å². The third-order valence-corrected chi connectivity index (χ3v) is 3.99. The standard InChI is InChI=1S/C18H18N6O/c1-25-14-4-2-3-12(9-14)16-23-17(15-6-8-21-18(15)24-16)20-7-5-13-10-19-11-22-13/h2-4,6,8-11H,5,7H2,1H3,(H,19,22)(H2,20,21,23,24). The molecule has 0 fully saturated rings. The van der Waals surface area contributed by atoms with Gasteiger partial charge in [0, 0.05) is 36.6 Å². The lowest BCUT2D eigenvalue weighted by Gasteiger charge is -2.09. The van der Waals surface area contributed by atoms with E-state index < -0.39 is 0 Å². The Morgan fingerprint density at radius 1 is 1.16 bits per heavy atom. The van der Waals surface area contributed by atoms with Crippen LogP contribution < -0.4 is 10.1 Å². The van der Waals surface area contributed by atoms with Crippen molar-refractivity contribution in [1.82, 2.24) is 24.9 Å². The number of nitrogens with zero attached hydrogens (tertiary/aromatic N) is 3. The van der Waals surface area contributed by atoms with Crippen molar-refractivity contribution < 1.29 is 4.74 Å². The molecule has 7 nitrogen and oxygen atoms in total. The quantitative estimate of drug-likeness (QED) is 0.504. The number of hydrogen-bond donors (Lipinski definition) is 3. The van der Waals surface area contributed by atoms with E-state index in [2.05, 4.69) is 25.3 Å². The summed E-state index contributed by atoms with van der Waals surface area (Å²) in [6, 6.07) is 9.71. The third-order valence-electron chi connectivity index (χ3n) is 3.99. The Hall–Kier alpha value is -3.35. The number of methoxy groups -OCH3 is 1. The van der Waals surface area contributed by atoms with Gasteiger partial charge in [-0.05, 0) is 18.2 Å². The number of aromatic amines is 2. The molecule has 0 aliphatic carbocycles. The van der Waals surface area contributed by atoms with Crippen molar-refractivity contribution >= 4 is 16.9 Å². The van der Waals surface area contributed by atoms with Gasteiger partial charge < -0.3 is 20.0 Å². The fraction of sp³-hybridized carbons (Fsp3) is 0.167. The topological polar surface area (TPSA) is 91.5 Å². The van der Waals surface area contributed by atoms with Crippen molar-refractivity contribution in [1.29, 1.82) is 0 Å². The summed E-state index contributed by atoms with van der Waals surface area (Å²) < 4.78 is 5.30. The van der Waals surface area contributed by atoms with Crippen LogP contribution in [0.2, 0.25) is 0 Å². The number of fused-ring (bicyclic) bond motifs is 1. The molecular weight excluding hydrogens is 316 g/mol. The highest BCUT2D eigenvalue weighted by atomic mass is 16.5. The van der Waals surface area contributed by atoms with Gasteiger partial charge in [0.2, 0.25) is 0 Å². The third kappa shape index (κ3) is 3.16. The van der Waals surface area contributed by atoms with Gasteiger partial charge >= 0.3 is 0 Å². The van der Waals surface area contributed by atoms with Crippen LogP contribution in [0.15, 0.2) is 49.1 Å². The van der Waals surface area contributed by atoms with Crippen molar-refractivity contribution in [2.45, 2.75) is 6.42 Å². The number of H-pyrrole nitrogens is 2. The van der Waals surface area contributed by atoms with Crippen LogP contribution >= 0.6 is 0 Å². The van der Waals surface area contributed by atoms with Gasteiger partial charge in [0.1, 0.15) is 17.2 Å². The summed E-state index contributed by atoms with van der Waals surface area (Å²) in [6.45, 7) is 0.747. The molecule has 0 radical (unpaired) electrons. The minimum absolute atomic E-state index is 0.651. The molecule has 0 bridgehead atoms. The highest BCUT2D eigenvalue weighted by molar-refractivity contribution is 5.88. The molecule has 25 heavy (non-hydrogen) atoms. The van der Waals surface area contributed by atoms with Crippen molar-refractivity contribution in [3.8, 4) is 17.1 Å². The molecule has 0 unspecified atom stereocenters. The van der Waals surface area contributed by atoms with Gasteiger partial charge in [-0.15, -0.1) is 0 Å². The summed E-state index contributed by atoms with van der Waals surface area (Å²) in [6.07, 6.45) is 6.22. The second-order valence-electron chi connectivity index (χ2n) is 5.62. The van der Waals surface area contributed by atoms with Crippen LogP contribution in [-0.4, -0.2) is 38.6 Å². The van der Waals surface area contributed by atoms with E-state index in [1.165, 1.54) is 0 Å². The Labute approximate surface area is 144 Å². The van der Waals surface area contributed by atoms with Crippen molar-refractivity contribution in [3.05, 3.63) is 54.7 Å². The van der Waals surface area contributed by atoms with Crippen molar-refractivity contribution in [3.63, 3.8) is 0 Å². The van der Waals surface area contributed by atoms with Gasteiger partial charge in [-0.25, -0.2) is 15.0 Å². The first kappa shape index (κ1) is 15.2. The summed E-state index contributed by atoms with van der Waals surface area (Å²) in [5, 5.41) is 4.37. The number of benzene rings is 1. The largest absolute Gasteiger partial charge is 0.497 e. The highest BCUT2D eigenvalue weighted by Crippen LogP contribution is 2.26. The smallest absolute Gasteiger partial charge is 0.164 e. The molecular formula is C18H18N6O. The van der Waals surface area contributed by atoms with E-state index in [9.17, 15) is 0 Å². The molecule has 0 saturated heterocycles. The van der Waals surface area contributed by atoms with E-state index in [1.807, 2.05) is 42.7 Å². The molecule has 7 heteroatoms. The summed E-state index contributed by atoms with van der Waals surface area (Å²) in [7, 11) is 1.65. The van der Waals surface area contributed by atoms with Crippen molar-refractivity contribution in [2.24, 2.45) is 0 Å². The zero-order chi connectivity index (χ0) is 17.1. The SMILES string of the molecule is COc1cccc(-c2nc(NCCc3cnc[nH]3)c3cc[nH]c3n2)c1. The Balaban J connectivity index is 1.64. The van der Waals surface area contributed by atoms with E-state index in [0.717, 1.165) is 46.8 Å². The van der Waals surface area contributed by atoms with Crippen LogP contribution in [0.5, 0.6) is 5.75 Å². The highest BCUT2D eigenvalue weighted by Gasteiger charge is 2.11. The number of rotatable bonds is 6. The lowest BCUT2D eigenvalue weighted by molar-refractivity contribution is 0.415. The van der Waals surface area contributed by atoms with E-state index in [0.29, 0.717) is 5.82 Å². The Morgan fingerprint density at radius 3 is 2.96 bits per heavy atom. The van der Waals surface area contributed by atoms with Crippen LogP contribution in [0.1, 0.15) is 5.69 Å². The van der Waals surface area contributed by atoms with Crippen LogP contribution in [0.25, 0.3) is 22.4 Å². The molecule has 0 amide bonds. The predicted molar refractivity (Wildman–Crippen MR) is 96.7 cm³/mol. The van der Waals surface area contributed by atoms with Gasteiger partial charge in [-0.1, -0.05) is 12.1 Å². The first-order valence-corrected chi connectivity index (χ1v) is 8.04. The Kier molecular flexibility index (Phi) is 4.04.